The quantitative estimate of drug-likeness (QED) is 0.00556. The molecule has 28 nitrogen and oxygen atoms in total. The molecule has 0 saturated carbocycles. The first-order valence-electron chi connectivity index (χ1n) is 47.7. The van der Waals surface area contributed by atoms with Crippen LogP contribution in [0.4, 0.5) is 14.4 Å². The Labute approximate surface area is 811 Å². The number of carbonyl (C=O) groups is 8. The monoisotopic (exact) mass is 1880 g/mol. The van der Waals surface area contributed by atoms with E-state index >= 15 is 0 Å². The number of nitrogens with zero attached hydrogens (tertiary/aromatic N) is 5. The number of rotatable bonds is 53. The van der Waals surface area contributed by atoms with Gasteiger partial charge in [-0.2, -0.15) is 4.91 Å². The number of hydroxylamine groups is 9. The first-order valence-corrected chi connectivity index (χ1v) is 47.7. The minimum absolute atomic E-state index is 0.00763. The third-order valence-electron chi connectivity index (χ3n) is 22.4. The molecule has 12 aromatic carbocycles. The molecular formula is C110H139N13O15. The van der Waals surface area contributed by atoms with Crippen molar-refractivity contribution >= 4 is 92.8 Å². The van der Waals surface area contributed by atoms with Crippen LogP contribution >= 0.6 is 0 Å². The van der Waals surface area contributed by atoms with Crippen molar-refractivity contribution in [1.82, 2.24) is 57.6 Å². The number of hydrogen-bond donors (Lipinski definition) is 10. The molecular weight excluding hydrogens is 1740 g/mol. The van der Waals surface area contributed by atoms with E-state index in [0.29, 0.717) is 103 Å². The van der Waals surface area contributed by atoms with Gasteiger partial charge in [0.1, 0.15) is 25.9 Å². The highest BCUT2D eigenvalue weighted by Gasteiger charge is 2.23. The Hall–Kier alpha value is -13.8. The Morgan fingerprint density at radius 3 is 1.01 bits per heavy atom. The molecule has 0 unspecified atom stereocenters. The molecule has 734 valence electrons. The van der Waals surface area contributed by atoms with E-state index in [1.165, 1.54) is 32.2 Å². The number of hydrogen-bond acceptors (Lipinski definition) is 17. The van der Waals surface area contributed by atoms with Gasteiger partial charge in [-0.3, -0.25) is 48.5 Å². The number of amides is 10. The van der Waals surface area contributed by atoms with Crippen LogP contribution in [0.1, 0.15) is 175 Å². The first-order chi connectivity index (χ1) is 67.5. The van der Waals surface area contributed by atoms with E-state index in [4.69, 9.17) is 30.2 Å². The molecule has 5 atom stereocenters. The lowest BCUT2D eigenvalue weighted by Gasteiger charge is -2.25. The van der Waals surface area contributed by atoms with Crippen molar-refractivity contribution in [1.29, 1.82) is 0 Å². The Kier molecular flexibility index (Phi) is 54.3. The number of nitrogens with two attached hydrogens (primary N) is 1. The largest absolute Gasteiger partial charge is 0.481 e. The van der Waals surface area contributed by atoms with Crippen molar-refractivity contribution in [2.75, 3.05) is 32.7 Å². The lowest BCUT2D eigenvalue weighted by atomic mass is 10.0. The van der Waals surface area contributed by atoms with Crippen molar-refractivity contribution in [2.45, 2.75) is 208 Å². The SMILES string of the molecule is CCCC[C@H](CN(C=O)OCc1ccccc1)C(=O)O.CCCC[C@H](CN(C=O)OCc1ccccc1)N=O.CCCC[C@H](CN(C=O)OCc1ccccc1)NC(=O)NCc1cccc2ccccc12.CCCC[C@H](CN(O)C=O)NC(=O)NCc1cccc2ccccc12.CCCC[C@H](CNOCc1ccccc1)NC(=O)NCc1cccc2ccccc12.NCc1cccc2ccccc12. The van der Waals surface area contributed by atoms with E-state index in [1.807, 2.05) is 245 Å². The number of nitroso groups, excluding NO2 is 1. The maximum Gasteiger partial charge on any atom is 0.315 e. The molecule has 28 heteroatoms. The molecule has 12 aromatic rings. The summed E-state index contributed by atoms with van der Waals surface area (Å²) in [4.78, 5) is 125. The van der Waals surface area contributed by atoms with E-state index in [2.05, 4.69) is 123 Å². The minimum atomic E-state index is -0.895. The zero-order valence-electron chi connectivity index (χ0n) is 80.2. The van der Waals surface area contributed by atoms with Gasteiger partial charge in [0, 0.05) is 38.8 Å². The van der Waals surface area contributed by atoms with Crippen LogP contribution in [-0.2, 0) is 95.9 Å². The van der Waals surface area contributed by atoms with Crippen LogP contribution in [0, 0.1) is 10.8 Å². The number of aliphatic carboxylic acids is 1. The average Bonchev–Trinajstić information content (AvgIpc) is 0.825. The van der Waals surface area contributed by atoms with Gasteiger partial charge in [-0.05, 0) is 120 Å². The number of unbranched alkanes of at least 4 members (excludes halogenated alkanes) is 5. The van der Waals surface area contributed by atoms with Crippen molar-refractivity contribution in [3.8, 4) is 0 Å². The highest BCUT2D eigenvalue weighted by molar-refractivity contribution is 5.89. The lowest BCUT2D eigenvalue weighted by molar-refractivity contribution is -0.184. The van der Waals surface area contributed by atoms with Gasteiger partial charge < -0.3 is 42.7 Å². The zero-order valence-corrected chi connectivity index (χ0v) is 80.2. The molecule has 0 aliphatic heterocycles. The van der Waals surface area contributed by atoms with Gasteiger partial charge in [0.25, 0.3) is 0 Å². The summed E-state index contributed by atoms with van der Waals surface area (Å²) in [5.74, 6) is -1.48. The number of carboxylic acids is 1. The van der Waals surface area contributed by atoms with Gasteiger partial charge in [-0.1, -0.05) is 395 Å². The fourth-order valence-corrected chi connectivity index (χ4v) is 14.8. The van der Waals surface area contributed by atoms with Crippen molar-refractivity contribution in [3.63, 3.8) is 0 Å². The maximum atomic E-state index is 12.6. The third kappa shape index (κ3) is 43.4. The highest BCUT2D eigenvalue weighted by Crippen LogP contribution is 2.24. The standard InChI is InChI=1S/C26H31N3O3.C25H31N3O2.C19H25N3O3.C15H21NO4.C14H20N2O3.C11H11N/c1-2-3-15-24(18-29(20-30)32-19-21-10-5-4-6-11-21)28-26(31)27-17-23-14-9-13-22-12-7-8-16-25(22)23;1-2-3-15-23(18-27-30-19-20-10-5-4-6-11-20)28-25(29)26-17-22-14-9-13-21-12-7-8-16-24(21)22;1-2-3-10-17(13-22(25)14-23)21-19(24)20-12-16-9-6-8-15-7-4-5-11-18(15)16;1-2-3-9-14(15(18)19)10-16(12-17)20-11-13-7-5-4-6-8-13;1-2-3-9-14(15-18)10-16(12-17)19-11-13-7-5-4-6-8-13;12-8-10-6-3-5-9-4-1-2-7-11(9)10/h4-14,16,20,24H,2-3,15,17-19H2,1H3,(H2,27,28,31);4-14,16,23,27H,2-3,15,17-19H2,1H3,(H2,26,28,29);4-9,11,14,17,25H,2-3,10,12-13H2,1H3,(H2,20,21,24);4-8,12,14H,2-3,9-11H2,1H3,(H,18,19);4-8,12,14H,2-3,9-11H2,1H3;1-7H,8,12H2/t24-;23-;17-;2*14-;/m11111./s1. The normalized spacial score (nSPS) is 11.7. The van der Waals surface area contributed by atoms with Gasteiger partial charge in [0.15, 0.2) is 0 Å². The third-order valence-corrected chi connectivity index (χ3v) is 22.4. The second-order valence-electron chi connectivity index (χ2n) is 33.1. The van der Waals surface area contributed by atoms with Crippen LogP contribution in [0.5, 0.6) is 0 Å². The molecule has 11 N–H and O–H groups in total. The number of carboxylic acid groups (broad SMARTS) is 1. The summed E-state index contributed by atoms with van der Waals surface area (Å²) < 4.78 is 0. The zero-order chi connectivity index (χ0) is 98.8. The number of fused-ring (bicyclic) bond motifs is 4. The molecule has 138 heavy (non-hydrogen) atoms. The number of benzene rings is 12. The van der Waals surface area contributed by atoms with Crippen LogP contribution in [0.3, 0.4) is 0 Å². The molecule has 0 bridgehead atoms. The fraction of sp³-hybridized carbons (Fsp3) is 0.345. The van der Waals surface area contributed by atoms with Gasteiger partial charge in [0.05, 0.1) is 50.8 Å². The molecule has 0 fully saturated rings. The fourth-order valence-electron chi connectivity index (χ4n) is 14.8. The van der Waals surface area contributed by atoms with Gasteiger partial charge in [-0.15, -0.1) is 0 Å². The van der Waals surface area contributed by atoms with E-state index in [-0.39, 0.29) is 69.0 Å². The summed E-state index contributed by atoms with van der Waals surface area (Å²) in [6, 6.07) is 94.1. The minimum Gasteiger partial charge on any atom is -0.481 e. The van der Waals surface area contributed by atoms with E-state index in [1.54, 1.807) is 0 Å². The molecule has 0 radical (unpaired) electrons. The average molecular weight is 1880 g/mol. The second kappa shape index (κ2) is 67.4. The highest BCUT2D eigenvalue weighted by atomic mass is 16.7. The topological polar surface area (TPSA) is 367 Å². The number of urea groups is 3. The van der Waals surface area contributed by atoms with Gasteiger partial charge >= 0.3 is 24.1 Å². The summed E-state index contributed by atoms with van der Waals surface area (Å²) in [5.41, 5.74) is 17.0. The Bertz CT molecular complexity index is 5450. The van der Waals surface area contributed by atoms with Crippen molar-refractivity contribution < 1.29 is 68.0 Å². The first kappa shape index (κ1) is 111. The molecule has 0 spiro atoms. The predicted octanol–water partition coefficient (Wildman–Crippen LogP) is 20.4. The molecule has 12 rings (SSSR count). The van der Waals surface area contributed by atoms with E-state index in [9.17, 15) is 48.5 Å². The molecule has 0 saturated heterocycles. The van der Waals surface area contributed by atoms with E-state index < -0.39 is 17.9 Å². The van der Waals surface area contributed by atoms with Crippen molar-refractivity contribution in [2.24, 2.45) is 16.8 Å². The molecule has 0 aromatic heterocycles. The Balaban J connectivity index is 0.000000230. The summed E-state index contributed by atoms with van der Waals surface area (Å²) in [5, 5.41) is 52.6. The van der Waals surface area contributed by atoms with Crippen LogP contribution < -0.4 is 43.1 Å². The smallest absolute Gasteiger partial charge is 0.315 e. The van der Waals surface area contributed by atoms with Crippen LogP contribution in [0.2, 0.25) is 0 Å². The summed E-state index contributed by atoms with van der Waals surface area (Å²) in [6.45, 7) is 14.8. The summed E-state index contributed by atoms with van der Waals surface area (Å²) >= 11 is 0. The van der Waals surface area contributed by atoms with Gasteiger partial charge in [0.2, 0.25) is 25.6 Å². The molecule has 0 aliphatic carbocycles. The second-order valence-corrected chi connectivity index (χ2v) is 33.1. The van der Waals surface area contributed by atoms with Crippen LogP contribution in [0.25, 0.3) is 43.1 Å². The van der Waals surface area contributed by atoms with Gasteiger partial charge in [-0.25, -0.2) is 40.1 Å². The molecule has 0 heterocycles. The number of carbonyl (C=O) groups excluding carboxylic acids is 7. The van der Waals surface area contributed by atoms with E-state index in [0.717, 1.165) is 148 Å². The Morgan fingerprint density at radius 1 is 0.355 bits per heavy atom. The molecule has 0 aliphatic rings. The Morgan fingerprint density at radius 2 is 0.659 bits per heavy atom. The lowest BCUT2D eigenvalue weighted by Crippen LogP contribution is -2.47. The summed E-state index contributed by atoms with van der Waals surface area (Å²) in [6.07, 6.45) is 15.3. The predicted molar refractivity (Wildman–Crippen MR) is 545 cm³/mol. The van der Waals surface area contributed by atoms with Crippen molar-refractivity contribution in [3.05, 3.63) is 341 Å². The maximum absolute atomic E-state index is 12.6. The molecule has 10 amide bonds. The number of nitrogens with one attached hydrogen (secondary N) is 7. The van der Waals surface area contributed by atoms with Crippen LogP contribution in [0.15, 0.2) is 296 Å². The summed E-state index contributed by atoms with van der Waals surface area (Å²) in [7, 11) is 0. The van der Waals surface area contributed by atoms with Crippen LogP contribution in [-0.4, -0.2) is 137 Å².